The average molecular weight is 672 g/mol. The molecule has 1 aromatic heterocycles. The number of benzene rings is 3. The van der Waals surface area contributed by atoms with Crippen molar-refractivity contribution < 1.29 is 29.0 Å². The van der Waals surface area contributed by atoms with Crippen LogP contribution >= 0.6 is 24.0 Å². The molecule has 14 heteroatoms. The second-order valence-electron chi connectivity index (χ2n) is 10.3. The number of nitrogens with zero attached hydrogens (tertiary/aromatic N) is 4. The van der Waals surface area contributed by atoms with Gasteiger partial charge < -0.3 is 15.2 Å². The Morgan fingerprint density at radius 2 is 1.55 bits per heavy atom. The Hall–Kier alpha value is -5.47. The topological polar surface area (TPSA) is 143 Å². The lowest BCUT2D eigenvalue weighted by molar-refractivity contribution is -0.134. The first-order chi connectivity index (χ1) is 22.4. The number of aromatic nitrogens is 2. The Labute approximate surface area is 278 Å². The molecular formula is C33H29N5O7S2. The molecule has 0 spiro atoms. The summed E-state index contributed by atoms with van der Waals surface area (Å²) in [4.78, 5) is 66.2. The molecule has 4 aromatic rings. The molecule has 0 aliphatic carbocycles. The molecule has 0 radical (unpaired) electrons. The number of nitrogens with one attached hydrogen (secondary N) is 1. The number of carboxylic acids is 1. The summed E-state index contributed by atoms with van der Waals surface area (Å²) in [6, 6.07) is 22.9. The number of ether oxygens (including phenoxy) is 1. The number of carboxylic acid groups (broad SMARTS) is 1. The van der Waals surface area contributed by atoms with Crippen LogP contribution in [0.25, 0.3) is 11.3 Å². The number of hydrogen-bond donors (Lipinski definition) is 2. The van der Waals surface area contributed by atoms with Crippen molar-refractivity contribution in [2.24, 2.45) is 7.05 Å². The number of hydrogen-bond acceptors (Lipinski definition) is 8. The zero-order chi connectivity index (χ0) is 34.0. The van der Waals surface area contributed by atoms with Gasteiger partial charge in [-0.05, 0) is 49.4 Å². The van der Waals surface area contributed by atoms with Crippen LogP contribution in [0, 0.1) is 6.92 Å². The predicted molar refractivity (Wildman–Crippen MR) is 184 cm³/mol. The third kappa shape index (κ3) is 6.33. The molecule has 47 heavy (non-hydrogen) atoms. The normalized spacial score (nSPS) is 15.4. The summed E-state index contributed by atoms with van der Waals surface area (Å²) in [6.45, 7) is 2.55. The Morgan fingerprint density at radius 1 is 0.936 bits per heavy atom. The summed E-state index contributed by atoms with van der Waals surface area (Å²) in [5.74, 6) is -1.67. The van der Waals surface area contributed by atoms with E-state index >= 15 is 0 Å². The van der Waals surface area contributed by atoms with Crippen molar-refractivity contribution in [3.05, 3.63) is 105 Å². The van der Waals surface area contributed by atoms with Gasteiger partial charge in [-0.1, -0.05) is 60.4 Å². The zero-order valence-corrected chi connectivity index (χ0v) is 27.3. The van der Waals surface area contributed by atoms with Gasteiger partial charge in [0.05, 0.1) is 34.7 Å². The third-order valence-electron chi connectivity index (χ3n) is 7.34. The van der Waals surface area contributed by atoms with E-state index < -0.39 is 29.3 Å². The van der Waals surface area contributed by atoms with Gasteiger partial charge in [0.1, 0.15) is 18.0 Å². The van der Waals surface area contributed by atoms with E-state index in [4.69, 9.17) is 26.9 Å². The highest BCUT2D eigenvalue weighted by atomic mass is 32.2. The third-order valence-corrected chi connectivity index (χ3v) is 8.72. The number of thioether (sulfide) groups is 1. The number of amides is 3. The molecule has 2 aliphatic heterocycles. The Kier molecular flexibility index (Phi) is 9.44. The summed E-state index contributed by atoms with van der Waals surface area (Å²) in [5, 5.41) is 10.2. The molecule has 240 valence electrons. The predicted octanol–water partition coefficient (Wildman–Crippen LogP) is 4.35. The fourth-order valence-corrected chi connectivity index (χ4v) is 6.54. The summed E-state index contributed by atoms with van der Waals surface area (Å²) in [5.41, 5.74) is 2.58. The molecule has 3 heterocycles. The van der Waals surface area contributed by atoms with E-state index in [9.17, 15) is 19.2 Å². The van der Waals surface area contributed by atoms with Crippen LogP contribution in [0.5, 0.6) is 5.75 Å². The minimum Gasteiger partial charge on any atom is -0.497 e. The maximum atomic E-state index is 14.0. The quantitative estimate of drug-likeness (QED) is 0.226. The van der Waals surface area contributed by atoms with Crippen molar-refractivity contribution in [2.45, 2.75) is 13.8 Å². The Morgan fingerprint density at radius 3 is 2.19 bits per heavy atom. The first-order valence-corrected chi connectivity index (χ1v) is 15.4. The summed E-state index contributed by atoms with van der Waals surface area (Å²) in [6.07, 6.45) is 0. The van der Waals surface area contributed by atoms with E-state index in [2.05, 4.69) is 5.32 Å². The van der Waals surface area contributed by atoms with Crippen LogP contribution in [0.1, 0.15) is 18.2 Å². The van der Waals surface area contributed by atoms with Crippen LogP contribution in [0.3, 0.4) is 0 Å². The molecule has 1 saturated heterocycles. The van der Waals surface area contributed by atoms with Crippen molar-refractivity contribution >= 4 is 74.6 Å². The van der Waals surface area contributed by atoms with Gasteiger partial charge in [0, 0.05) is 25.2 Å². The van der Waals surface area contributed by atoms with Crippen LogP contribution in [0.15, 0.2) is 88.6 Å². The molecule has 0 unspecified atom stereocenters. The number of rotatable bonds is 6. The molecule has 0 bridgehead atoms. The van der Waals surface area contributed by atoms with Gasteiger partial charge in [-0.3, -0.25) is 38.5 Å². The Bertz CT molecular complexity index is 2010. The fraction of sp³-hybridized carbons (Fsp3) is 0.152. The van der Waals surface area contributed by atoms with Crippen LogP contribution < -0.4 is 25.4 Å². The number of methoxy groups -OCH3 is 1. The van der Waals surface area contributed by atoms with Gasteiger partial charge in [0.15, 0.2) is 4.32 Å². The van der Waals surface area contributed by atoms with E-state index in [-0.39, 0.29) is 27.0 Å². The second kappa shape index (κ2) is 13.5. The Balaban J connectivity index is 0.00000103. The van der Waals surface area contributed by atoms with Gasteiger partial charge in [-0.25, -0.2) is 4.68 Å². The lowest BCUT2D eigenvalue weighted by Crippen LogP contribution is -2.36. The van der Waals surface area contributed by atoms with Crippen LogP contribution in [0.2, 0.25) is 0 Å². The van der Waals surface area contributed by atoms with Crippen molar-refractivity contribution in [2.75, 3.05) is 28.8 Å². The SMILES string of the molecule is CC(=O)O.COc1ccc(NC(=O)CN2C(=O)/C(=C3\SC(=S)N(c4c(C)n(C)n(-c5ccccc5)c4=O)C3=O)c3ccccc32)cc1. The van der Waals surface area contributed by atoms with Crippen molar-refractivity contribution in [1.82, 2.24) is 9.36 Å². The smallest absolute Gasteiger partial charge is 0.300 e. The maximum Gasteiger partial charge on any atom is 0.300 e. The largest absolute Gasteiger partial charge is 0.497 e. The molecule has 2 aliphatic rings. The minimum absolute atomic E-state index is 0.106. The number of anilines is 3. The molecule has 3 aromatic carbocycles. The highest BCUT2D eigenvalue weighted by Gasteiger charge is 2.44. The number of carbonyl (C=O) groups is 4. The highest BCUT2D eigenvalue weighted by Crippen LogP contribution is 2.45. The van der Waals surface area contributed by atoms with Gasteiger partial charge in [0.2, 0.25) is 5.91 Å². The van der Waals surface area contributed by atoms with Gasteiger partial charge in [-0.2, -0.15) is 0 Å². The van der Waals surface area contributed by atoms with Crippen LogP contribution in [-0.4, -0.2) is 56.1 Å². The van der Waals surface area contributed by atoms with E-state index in [1.807, 2.05) is 18.2 Å². The van der Waals surface area contributed by atoms with Crippen molar-refractivity contribution in [3.8, 4) is 11.4 Å². The van der Waals surface area contributed by atoms with Crippen LogP contribution in [-0.2, 0) is 26.2 Å². The summed E-state index contributed by atoms with van der Waals surface area (Å²) in [7, 11) is 3.28. The average Bonchev–Trinajstić information content (AvgIpc) is 3.57. The maximum absolute atomic E-state index is 14.0. The van der Waals surface area contributed by atoms with Crippen molar-refractivity contribution in [1.29, 1.82) is 0 Å². The summed E-state index contributed by atoms with van der Waals surface area (Å²) >= 11 is 6.57. The molecule has 6 rings (SSSR count). The van der Waals surface area contributed by atoms with E-state index in [1.54, 1.807) is 86.4 Å². The molecule has 0 atom stereocenters. The van der Waals surface area contributed by atoms with Gasteiger partial charge >= 0.3 is 0 Å². The standard InChI is InChI=1S/C31H25N5O5S2.C2H4O2/c1-18-26(29(39)36(33(18)2)20-9-5-4-6-10-20)35-30(40)27(43-31(35)42)25-22-11-7-8-12-23(22)34(28(25)38)17-24(37)32-19-13-15-21(41-3)16-14-19;1-2(3)4/h4-16H,17H2,1-3H3,(H,32,37);1H3,(H,3,4)/b27-25-;. The molecular weight excluding hydrogens is 643 g/mol. The van der Waals surface area contributed by atoms with Crippen molar-refractivity contribution in [3.63, 3.8) is 0 Å². The number of fused-ring (bicyclic) bond motifs is 1. The highest BCUT2D eigenvalue weighted by molar-refractivity contribution is 8.27. The zero-order valence-electron chi connectivity index (χ0n) is 25.7. The van der Waals surface area contributed by atoms with E-state index in [0.717, 1.165) is 18.7 Å². The number of aliphatic carboxylic acids is 1. The second-order valence-corrected chi connectivity index (χ2v) is 12.0. The lowest BCUT2D eigenvalue weighted by Gasteiger charge is -2.17. The molecule has 3 amide bonds. The lowest BCUT2D eigenvalue weighted by atomic mass is 10.1. The van der Waals surface area contributed by atoms with E-state index in [1.165, 1.54) is 14.5 Å². The summed E-state index contributed by atoms with van der Waals surface area (Å²) < 4.78 is 8.43. The molecule has 0 saturated carbocycles. The first kappa shape index (κ1) is 32.9. The van der Waals surface area contributed by atoms with Crippen LogP contribution in [0.4, 0.5) is 17.1 Å². The van der Waals surface area contributed by atoms with E-state index in [0.29, 0.717) is 34.1 Å². The van der Waals surface area contributed by atoms with Gasteiger partial charge in [0.25, 0.3) is 23.3 Å². The minimum atomic E-state index is -0.833. The fourth-order valence-electron chi connectivity index (χ4n) is 5.20. The molecule has 1 fully saturated rings. The molecule has 2 N–H and O–H groups in total. The number of carbonyl (C=O) groups excluding carboxylic acids is 3. The monoisotopic (exact) mass is 671 g/mol. The molecule has 12 nitrogen and oxygen atoms in total. The number of thiocarbonyl (C=S) groups is 1. The number of para-hydroxylation sites is 2. The van der Waals surface area contributed by atoms with Gasteiger partial charge in [-0.15, -0.1) is 0 Å². The first-order valence-electron chi connectivity index (χ1n) is 14.1.